The summed E-state index contributed by atoms with van der Waals surface area (Å²) in [6.45, 7) is 18.9. The Bertz CT molecular complexity index is 1030. The first kappa shape index (κ1) is 30.3. The Hall–Kier alpha value is -2.74. The molecule has 2 aromatic rings. The fourth-order valence-corrected chi connectivity index (χ4v) is 4.91. The molecule has 2 aliphatic rings. The van der Waals surface area contributed by atoms with Crippen molar-refractivity contribution in [1.29, 1.82) is 0 Å². The van der Waals surface area contributed by atoms with E-state index in [0.29, 0.717) is 11.8 Å². The maximum absolute atomic E-state index is 5.20. The minimum atomic E-state index is 0. The van der Waals surface area contributed by atoms with Gasteiger partial charge in [-0.3, -0.25) is 0 Å². The van der Waals surface area contributed by atoms with E-state index in [1.54, 1.807) is 25.4 Å². The van der Waals surface area contributed by atoms with E-state index in [0.717, 1.165) is 23.5 Å². The van der Waals surface area contributed by atoms with Crippen LogP contribution in [0.1, 0.15) is 78.1 Å². The Morgan fingerprint density at radius 3 is 2.09 bits per heavy atom. The summed E-state index contributed by atoms with van der Waals surface area (Å²) < 4.78 is 10.4. The van der Waals surface area contributed by atoms with Crippen LogP contribution >= 0.6 is 0 Å². The first-order valence-electron chi connectivity index (χ1n) is 13.2. The predicted octanol–water partition coefficient (Wildman–Crippen LogP) is 9.93. The fraction of sp³-hybridized carbons (Fsp3) is 0.455. The molecular weight excluding hydrogens is 428 g/mol. The van der Waals surface area contributed by atoms with Crippen molar-refractivity contribution in [3.05, 3.63) is 88.0 Å². The van der Waals surface area contributed by atoms with Gasteiger partial charge in [-0.25, -0.2) is 0 Å². The van der Waals surface area contributed by atoms with Crippen LogP contribution in [0.25, 0.3) is 5.57 Å². The second-order valence-corrected chi connectivity index (χ2v) is 8.79. The van der Waals surface area contributed by atoms with Gasteiger partial charge in [0, 0.05) is 1.43 Å². The lowest BCUT2D eigenvalue weighted by molar-refractivity contribution is 0.352. The van der Waals surface area contributed by atoms with E-state index >= 15 is 0 Å². The van der Waals surface area contributed by atoms with Gasteiger partial charge in [0.05, 0.1) is 14.2 Å². The first-order valence-corrected chi connectivity index (χ1v) is 13.2. The van der Waals surface area contributed by atoms with Gasteiger partial charge in [0.1, 0.15) is 0 Å². The van der Waals surface area contributed by atoms with Crippen molar-refractivity contribution in [2.75, 3.05) is 14.2 Å². The van der Waals surface area contributed by atoms with Crippen molar-refractivity contribution in [1.82, 2.24) is 0 Å². The molecule has 0 amide bonds. The molecule has 0 heterocycles. The van der Waals surface area contributed by atoms with Gasteiger partial charge in [-0.1, -0.05) is 99.9 Å². The van der Waals surface area contributed by atoms with Crippen LogP contribution in [-0.2, 0) is 0 Å². The van der Waals surface area contributed by atoms with Crippen molar-refractivity contribution < 1.29 is 10.9 Å². The Kier molecular flexibility index (Phi) is 13.2. The molecule has 4 rings (SSSR count). The standard InChI is InChI=1S/C19H22.C10H14O2.2C2H6.H2/c1-13-6-4-8-16(12-13)18-10-11-19(15(18)3)17-9-5-7-14(17)2;1-7-5-8(2)10(12-4)9(6-7)11-3;2*1-2;/h4-8,10,12,15,19H,9,11H2,1-3H3;5-6H,1-4H3;2*1-2H3;1H. The largest absolute Gasteiger partial charge is 0.493 e. The Morgan fingerprint density at radius 1 is 0.857 bits per heavy atom. The maximum atomic E-state index is 5.20. The predicted molar refractivity (Wildman–Crippen MR) is 157 cm³/mol. The summed E-state index contributed by atoms with van der Waals surface area (Å²) in [6, 6.07) is 13.0. The Labute approximate surface area is 217 Å². The Balaban J connectivity index is 0.000000628. The topological polar surface area (TPSA) is 18.5 Å². The molecule has 0 bridgehead atoms. The quantitative estimate of drug-likeness (QED) is 0.435. The zero-order valence-electron chi connectivity index (χ0n) is 24.1. The van der Waals surface area contributed by atoms with E-state index in [2.05, 4.69) is 69.3 Å². The molecular formula is C33H50O2. The number of aryl methyl sites for hydroxylation is 3. The molecule has 0 fully saturated rings. The highest BCUT2D eigenvalue weighted by Crippen LogP contribution is 2.44. The van der Waals surface area contributed by atoms with Crippen LogP contribution in [0.2, 0.25) is 0 Å². The van der Waals surface area contributed by atoms with Crippen LogP contribution in [0.15, 0.2) is 65.8 Å². The highest BCUT2D eigenvalue weighted by atomic mass is 16.5. The van der Waals surface area contributed by atoms with E-state index in [4.69, 9.17) is 9.47 Å². The van der Waals surface area contributed by atoms with Crippen molar-refractivity contribution in [2.24, 2.45) is 11.8 Å². The van der Waals surface area contributed by atoms with Gasteiger partial charge in [0.15, 0.2) is 11.5 Å². The number of methoxy groups -OCH3 is 2. The van der Waals surface area contributed by atoms with E-state index in [-0.39, 0.29) is 1.43 Å². The summed E-state index contributed by atoms with van der Waals surface area (Å²) in [7, 11) is 3.30. The third-order valence-electron chi connectivity index (χ3n) is 6.51. The van der Waals surface area contributed by atoms with Crippen LogP contribution < -0.4 is 9.47 Å². The van der Waals surface area contributed by atoms with Crippen molar-refractivity contribution in [3.63, 3.8) is 0 Å². The maximum Gasteiger partial charge on any atom is 0.163 e. The third-order valence-corrected chi connectivity index (χ3v) is 6.51. The molecule has 2 unspecified atom stereocenters. The average Bonchev–Trinajstić information content (AvgIpc) is 3.46. The monoisotopic (exact) mass is 478 g/mol. The summed E-state index contributed by atoms with van der Waals surface area (Å²) >= 11 is 0. The van der Waals surface area contributed by atoms with Gasteiger partial charge in [-0.2, -0.15) is 0 Å². The van der Waals surface area contributed by atoms with Gasteiger partial charge in [0.2, 0.25) is 0 Å². The van der Waals surface area contributed by atoms with E-state index in [1.165, 1.54) is 28.7 Å². The number of rotatable bonds is 4. The van der Waals surface area contributed by atoms with Gasteiger partial charge in [0.25, 0.3) is 0 Å². The molecule has 0 saturated carbocycles. The van der Waals surface area contributed by atoms with Crippen LogP contribution in [0, 0.1) is 32.6 Å². The minimum absolute atomic E-state index is 0. The molecule has 0 saturated heterocycles. The molecule has 2 atom stereocenters. The Morgan fingerprint density at radius 2 is 1.54 bits per heavy atom. The highest BCUT2D eigenvalue weighted by molar-refractivity contribution is 5.70. The van der Waals surface area contributed by atoms with Gasteiger partial charge in [-0.15, -0.1) is 0 Å². The van der Waals surface area contributed by atoms with Crippen LogP contribution in [-0.4, -0.2) is 14.2 Å². The van der Waals surface area contributed by atoms with Crippen molar-refractivity contribution >= 4 is 5.57 Å². The number of allylic oxidation sites excluding steroid dienone is 6. The number of ether oxygens (including phenoxy) is 2. The molecule has 35 heavy (non-hydrogen) atoms. The highest BCUT2D eigenvalue weighted by Gasteiger charge is 2.30. The molecule has 0 spiro atoms. The second-order valence-electron chi connectivity index (χ2n) is 8.79. The third kappa shape index (κ3) is 7.88. The van der Waals surface area contributed by atoms with Crippen LogP contribution in [0.4, 0.5) is 0 Å². The summed E-state index contributed by atoms with van der Waals surface area (Å²) in [5, 5.41) is 0. The summed E-state index contributed by atoms with van der Waals surface area (Å²) in [6.07, 6.45) is 9.42. The number of benzene rings is 2. The van der Waals surface area contributed by atoms with Crippen molar-refractivity contribution in [3.8, 4) is 11.5 Å². The van der Waals surface area contributed by atoms with Crippen LogP contribution in [0.5, 0.6) is 11.5 Å². The van der Waals surface area contributed by atoms with E-state index in [9.17, 15) is 0 Å². The molecule has 2 aromatic carbocycles. The van der Waals surface area contributed by atoms with E-state index < -0.39 is 0 Å². The molecule has 0 radical (unpaired) electrons. The van der Waals surface area contributed by atoms with Crippen LogP contribution in [0.3, 0.4) is 0 Å². The smallest absolute Gasteiger partial charge is 0.163 e. The molecule has 0 aliphatic heterocycles. The molecule has 2 heteroatoms. The number of hydrogen-bond acceptors (Lipinski definition) is 2. The lowest BCUT2D eigenvalue weighted by Crippen LogP contribution is -2.10. The SMILES string of the molecule is CC.CC.CC1=C(C2CC=C(c3cccc(C)c3)C2C)CC=C1.COc1cc(C)cc(C)c1OC.[HH]. The zero-order valence-corrected chi connectivity index (χ0v) is 24.1. The number of hydrogen-bond donors (Lipinski definition) is 0. The molecule has 2 nitrogen and oxygen atoms in total. The fourth-order valence-electron chi connectivity index (χ4n) is 4.91. The summed E-state index contributed by atoms with van der Waals surface area (Å²) in [5.74, 6) is 2.98. The molecule has 2 aliphatic carbocycles. The van der Waals surface area contributed by atoms with Gasteiger partial charge < -0.3 is 9.47 Å². The van der Waals surface area contributed by atoms with Gasteiger partial charge >= 0.3 is 0 Å². The van der Waals surface area contributed by atoms with E-state index in [1.807, 2.05) is 47.6 Å². The molecule has 0 N–H and O–H groups in total. The summed E-state index contributed by atoms with van der Waals surface area (Å²) in [5.41, 5.74) is 9.76. The normalized spacial score (nSPS) is 17.9. The summed E-state index contributed by atoms with van der Waals surface area (Å²) in [4.78, 5) is 0. The van der Waals surface area contributed by atoms with Gasteiger partial charge in [-0.05, 0) is 80.7 Å². The second kappa shape index (κ2) is 15.3. The molecule has 0 aromatic heterocycles. The lowest BCUT2D eigenvalue weighted by Gasteiger charge is -2.22. The average molecular weight is 479 g/mol. The lowest BCUT2D eigenvalue weighted by atomic mass is 9.82. The molecule has 194 valence electrons. The minimum Gasteiger partial charge on any atom is -0.493 e. The van der Waals surface area contributed by atoms with Crippen molar-refractivity contribution in [2.45, 2.75) is 75.2 Å². The zero-order chi connectivity index (χ0) is 26.5. The first-order chi connectivity index (χ1) is 16.8.